The number of hydrogen-bond donors (Lipinski definition) is 2. The van der Waals surface area contributed by atoms with E-state index in [9.17, 15) is 9.59 Å². The van der Waals surface area contributed by atoms with Crippen LogP contribution in [0.15, 0.2) is 46.9 Å². The van der Waals surface area contributed by atoms with E-state index in [-0.39, 0.29) is 18.3 Å². The van der Waals surface area contributed by atoms with Crippen molar-refractivity contribution in [3.05, 3.63) is 54.0 Å². The molecule has 1 saturated heterocycles. The van der Waals surface area contributed by atoms with Gasteiger partial charge in [-0.25, -0.2) is 0 Å². The Morgan fingerprint density at radius 1 is 1.11 bits per heavy atom. The minimum atomic E-state index is -0.487. The second-order valence-electron chi connectivity index (χ2n) is 6.44. The summed E-state index contributed by atoms with van der Waals surface area (Å²) in [4.78, 5) is 23.9. The third kappa shape index (κ3) is 6.83. The van der Waals surface area contributed by atoms with Crippen LogP contribution in [-0.4, -0.2) is 22.8 Å². The van der Waals surface area contributed by atoms with Crippen molar-refractivity contribution >= 4 is 33.4 Å². The largest absolute Gasteiger partial charge is 0.486 e. The molecule has 1 aromatic heterocycles. The number of nitrogens with one attached hydrogen (secondary N) is 2. The molecule has 150 valence electrons. The van der Waals surface area contributed by atoms with E-state index in [0.29, 0.717) is 12.2 Å². The van der Waals surface area contributed by atoms with Gasteiger partial charge in [-0.15, -0.1) is 0 Å². The minimum absolute atomic E-state index is 0.128. The topological polar surface area (TPSA) is 80.6 Å². The lowest BCUT2D eigenvalue weighted by atomic mass is 10.1. The Morgan fingerprint density at radius 3 is 2.75 bits per heavy atom. The number of carbonyl (C=O) groups excluding carboxylic acids is 2. The number of furan rings is 1. The Kier molecular flexibility index (Phi) is 8.17. The van der Waals surface area contributed by atoms with E-state index in [1.54, 1.807) is 12.1 Å². The number of benzene rings is 1. The van der Waals surface area contributed by atoms with Crippen LogP contribution in [0.2, 0.25) is 0 Å². The molecule has 1 atom stereocenters. The van der Waals surface area contributed by atoms with E-state index in [1.165, 1.54) is 12.2 Å². The van der Waals surface area contributed by atoms with Crippen molar-refractivity contribution in [2.45, 2.75) is 44.0 Å². The number of carbonyl (C=O) groups is 2. The summed E-state index contributed by atoms with van der Waals surface area (Å²) < 4.78 is 11.0. The Balaban J connectivity index is 1.31. The predicted octanol–water partition coefficient (Wildman–Crippen LogP) is 4.33. The van der Waals surface area contributed by atoms with Gasteiger partial charge in [0, 0.05) is 17.4 Å². The first-order valence-electron chi connectivity index (χ1n) is 9.35. The molecule has 2 aromatic rings. The lowest BCUT2D eigenvalue weighted by Gasteiger charge is -2.08. The molecule has 6 nitrogen and oxygen atoms in total. The minimum Gasteiger partial charge on any atom is -0.486 e. The number of hydrogen-bond acceptors (Lipinski definition) is 6. The summed E-state index contributed by atoms with van der Waals surface area (Å²) in [5.41, 5.74) is 4.82. The highest BCUT2D eigenvalue weighted by atomic mass is 33.1. The third-order valence-corrected chi connectivity index (χ3v) is 7.24. The number of para-hydroxylation sites is 1. The molecule has 2 N–H and O–H groups in total. The highest BCUT2D eigenvalue weighted by Gasteiger charge is 2.16. The molecular formula is C20H24N2O4S2. The third-order valence-electron chi connectivity index (χ3n) is 4.23. The molecule has 0 spiro atoms. The molecule has 1 unspecified atom stereocenters. The van der Waals surface area contributed by atoms with Crippen molar-refractivity contribution in [3.63, 3.8) is 0 Å². The fourth-order valence-corrected chi connectivity index (χ4v) is 5.75. The number of unbranched alkanes of at least 4 members (excludes halogenated alkanes) is 1. The van der Waals surface area contributed by atoms with Gasteiger partial charge >= 0.3 is 5.91 Å². The molecule has 0 radical (unpaired) electrons. The predicted molar refractivity (Wildman–Crippen MR) is 112 cm³/mol. The molecule has 0 aliphatic carbocycles. The van der Waals surface area contributed by atoms with Crippen molar-refractivity contribution in [1.82, 2.24) is 10.9 Å². The summed E-state index contributed by atoms with van der Waals surface area (Å²) in [5.74, 6) is 1.93. The fourth-order valence-electron chi connectivity index (χ4n) is 2.72. The summed E-state index contributed by atoms with van der Waals surface area (Å²) in [5, 5.41) is 0.729. The molecule has 2 amide bonds. The summed E-state index contributed by atoms with van der Waals surface area (Å²) in [7, 11) is 3.89. The second-order valence-corrected chi connectivity index (χ2v) is 9.23. The number of rotatable bonds is 9. The molecule has 1 aromatic carbocycles. The van der Waals surface area contributed by atoms with Crippen LogP contribution in [0.5, 0.6) is 5.75 Å². The molecule has 2 heterocycles. The highest BCUT2D eigenvalue weighted by molar-refractivity contribution is 8.77. The molecule has 1 aliphatic rings. The second kappa shape index (κ2) is 11.1. The first-order chi connectivity index (χ1) is 13.7. The van der Waals surface area contributed by atoms with Gasteiger partial charge in [0.05, 0.1) is 0 Å². The number of amides is 2. The number of hydrazine groups is 1. The fraction of sp³-hybridized carbons (Fsp3) is 0.400. The van der Waals surface area contributed by atoms with Crippen molar-refractivity contribution in [3.8, 4) is 5.75 Å². The normalized spacial score (nSPS) is 15.9. The Hall–Kier alpha value is -2.06. The van der Waals surface area contributed by atoms with Crippen LogP contribution in [0.4, 0.5) is 0 Å². The maximum Gasteiger partial charge on any atom is 0.305 e. The highest BCUT2D eigenvalue weighted by Crippen LogP contribution is 2.39. The zero-order valence-corrected chi connectivity index (χ0v) is 17.2. The smallest absolute Gasteiger partial charge is 0.305 e. The average molecular weight is 421 g/mol. The van der Waals surface area contributed by atoms with E-state index in [4.69, 9.17) is 9.15 Å². The summed E-state index contributed by atoms with van der Waals surface area (Å²) in [6.45, 7) is 0.224. The van der Waals surface area contributed by atoms with Gasteiger partial charge in [-0.3, -0.25) is 20.4 Å². The van der Waals surface area contributed by atoms with E-state index in [1.807, 2.05) is 51.9 Å². The standard InChI is InChI=1S/C20H24N2O4S2/c23-19(9-5-4-8-17-12-13-27-28-17)21-22-20(24)18-11-10-16(26-18)14-25-15-6-2-1-3-7-15/h1-3,6-7,10-11,17H,4-5,8-9,12-14H2,(H,21,23)(H,22,24). The van der Waals surface area contributed by atoms with E-state index in [2.05, 4.69) is 10.9 Å². The Morgan fingerprint density at radius 2 is 1.96 bits per heavy atom. The summed E-state index contributed by atoms with van der Waals surface area (Å²) >= 11 is 0. The van der Waals surface area contributed by atoms with Gasteiger partial charge in [0.1, 0.15) is 18.1 Å². The van der Waals surface area contributed by atoms with Crippen LogP contribution in [-0.2, 0) is 11.4 Å². The maximum absolute atomic E-state index is 12.1. The lowest BCUT2D eigenvalue weighted by molar-refractivity contribution is -0.122. The summed E-state index contributed by atoms with van der Waals surface area (Å²) in [6.07, 6.45) is 4.67. The van der Waals surface area contributed by atoms with Crippen molar-refractivity contribution < 1.29 is 18.7 Å². The molecule has 8 heteroatoms. The van der Waals surface area contributed by atoms with Gasteiger partial charge in [-0.1, -0.05) is 46.2 Å². The molecule has 0 saturated carbocycles. The lowest BCUT2D eigenvalue weighted by Crippen LogP contribution is -2.41. The van der Waals surface area contributed by atoms with Gasteiger partial charge in [-0.05, 0) is 43.5 Å². The van der Waals surface area contributed by atoms with Crippen LogP contribution < -0.4 is 15.6 Å². The monoisotopic (exact) mass is 420 g/mol. The molecule has 1 aliphatic heterocycles. The zero-order chi connectivity index (χ0) is 19.6. The van der Waals surface area contributed by atoms with Crippen LogP contribution in [0, 0.1) is 0 Å². The number of ether oxygens (including phenoxy) is 1. The van der Waals surface area contributed by atoms with Crippen LogP contribution in [0.25, 0.3) is 0 Å². The first kappa shape index (κ1) is 20.7. The molecule has 28 heavy (non-hydrogen) atoms. The van der Waals surface area contributed by atoms with Gasteiger partial charge in [0.15, 0.2) is 5.76 Å². The van der Waals surface area contributed by atoms with E-state index in [0.717, 1.165) is 30.3 Å². The van der Waals surface area contributed by atoms with Gasteiger partial charge in [-0.2, -0.15) is 0 Å². The van der Waals surface area contributed by atoms with E-state index >= 15 is 0 Å². The Bertz CT molecular complexity index is 761. The van der Waals surface area contributed by atoms with Crippen molar-refractivity contribution in [1.29, 1.82) is 0 Å². The van der Waals surface area contributed by atoms with E-state index < -0.39 is 5.91 Å². The van der Waals surface area contributed by atoms with Gasteiger partial charge in [0.2, 0.25) is 5.91 Å². The van der Waals surface area contributed by atoms with Crippen LogP contribution in [0.1, 0.15) is 48.4 Å². The molecule has 1 fully saturated rings. The molecule has 3 rings (SSSR count). The van der Waals surface area contributed by atoms with Gasteiger partial charge < -0.3 is 9.15 Å². The average Bonchev–Trinajstić information content (AvgIpc) is 3.41. The van der Waals surface area contributed by atoms with Crippen molar-refractivity contribution in [2.24, 2.45) is 0 Å². The first-order valence-corrected chi connectivity index (χ1v) is 11.7. The zero-order valence-electron chi connectivity index (χ0n) is 15.5. The molecule has 0 bridgehead atoms. The summed E-state index contributed by atoms with van der Waals surface area (Å²) in [6, 6.07) is 12.6. The maximum atomic E-state index is 12.1. The van der Waals surface area contributed by atoms with Crippen molar-refractivity contribution in [2.75, 3.05) is 5.75 Å². The SMILES string of the molecule is O=C(CCCCC1CCSS1)NNC(=O)c1ccc(COc2ccccc2)o1. The van der Waals surface area contributed by atoms with Gasteiger partial charge in [0.25, 0.3) is 0 Å². The van der Waals surface area contributed by atoms with Crippen LogP contribution >= 0.6 is 21.6 Å². The quantitative estimate of drug-likeness (QED) is 0.357. The Labute approximate surface area is 172 Å². The van der Waals surface area contributed by atoms with Crippen LogP contribution in [0.3, 0.4) is 0 Å². The molecular weight excluding hydrogens is 396 g/mol.